The minimum Gasteiger partial charge on any atom is -0.394 e. The van der Waals surface area contributed by atoms with Gasteiger partial charge in [0.25, 0.3) is 5.91 Å². The normalized spacial score (nSPS) is 30.8. The van der Waals surface area contributed by atoms with Crippen molar-refractivity contribution in [1.82, 2.24) is 4.90 Å². The number of likely N-dealkylation sites (tertiary alicyclic amines) is 1. The molecule has 2 aromatic rings. The predicted molar refractivity (Wildman–Crippen MR) is 166 cm³/mol. The first-order valence-corrected chi connectivity index (χ1v) is 15.3. The molecule has 0 aliphatic carbocycles. The molecule has 0 bridgehead atoms. The fourth-order valence-electron chi connectivity index (χ4n) is 7.95. The van der Waals surface area contributed by atoms with Crippen LogP contribution in [0.3, 0.4) is 0 Å². The highest BCUT2D eigenvalue weighted by Crippen LogP contribution is 2.58. The topological polar surface area (TPSA) is 90.4 Å². The van der Waals surface area contributed by atoms with Gasteiger partial charge in [-0.25, -0.2) is 0 Å². The van der Waals surface area contributed by atoms with Crippen LogP contribution in [-0.2, 0) is 19.1 Å². The van der Waals surface area contributed by atoms with Gasteiger partial charge in [-0.2, -0.15) is 0 Å². The quantitative estimate of drug-likeness (QED) is 0.516. The van der Waals surface area contributed by atoms with Crippen molar-refractivity contribution >= 4 is 29.1 Å². The lowest BCUT2D eigenvalue weighted by Crippen LogP contribution is -2.59. The van der Waals surface area contributed by atoms with Gasteiger partial charge >= 0.3 is 0 Å². The number of hydrogen-bond donors (Lipinski definition) is 1. The first kappa shape index (κ1) is 29.3. The number of anilines is 2. The molecule has 0 aromatic heterocycles. The average molecular weight is 584 g/mol. The fraction of sp³-hybridized carbons (Fsp3) is 0.457. The molecule has 226 valence electrons. The number of aryl methyl sites for hydroxylation is 2. The molecular formula is C35H41N3O5. The van der Waals surface area contributed by atoms with Crippen LogP contribution in [0.25, 0.3) is 0 Å². The van der Waals surface area contributed by atoms with E-state index in [9.17, 15) is 19.5 Å². The zero-order valence-electron chi connectivity index (χ0n) is 25.6. The van der Waals surface area contributed by atoms with E-state index in [0.29, 0.717) is 19.5 Å². The SMILES string of the molecule is Cc1cccc(C)c1N1CC=C[C@]23O[C@]4(C)C=CCN(c5ccccc5)C(=O)[C@@H]4[C@H]2C(=O)N([C@@H](CO)CC(C)C)C3C1=O. The number of nitrogens with zero attached hydrogens (tertiary/aromatic N) is 3. The molecule has 6 rings (SSSR count). The highest BCUT2D eigenvalue weighted by molar-refractivity contribution is 6.08. The van der Waals surface area contributed by atoms with E-state index >= 15 is 0 Å². The monoisotopic (exact) mass is 583 g/mol. The van der Waals surface area contributed by atoms with E-state index in [1.165, 1.54) is 0 Å². The second kappa shape index (κ2) is 10.8. The lowest BCUT2D eigenvalue weighted by Gasteiger charge is -2.40. The van der Waals surface area contributed by atoms with Crippen LogP contribution in [0.15, 0.2) is 72.8 Å². The van der Waals surface area contributed by atoms with Crippen LogP contribution in [0.2, 0.25) is 0 Å². The van der Waals surface area contributed by atoms with Crippen LogP contribution in [0.4, 0.5) is 11.4 Å². The molecule has 0 saturated carbocycles. The highest BCUT2D eigenvalue weighted by Gasteiger charge is 2.75. The van der Waals surface area contributed by atoms with Crippen LogP contribution >= 0.6 is 0 Å². The maximum atomic E-state index is 14.9. The van der Waals surface area contributed by atoms with Gasteiger partial charge in [-0.05, 0) is 56.4 Å². The summed E-state index contributed by atoms with van der Waals surface area (Å²) in [5, 5.41) is 10.6. The molecule has 2 saturated heterocycles. The number of rotatable bonds is 6. The van der Waals surface area contributed by atoms with Crippen LogP contribution in [0.5, 0.6) is 0 Å². The zero-order valence-corrected chi connectivity index (χ0v) is 25.6. The molecule has 8 heteroatoms. The number of hydrogen-bond acceptors (Lipinski definition) is 5. The van der Waals surface area contributed by atoms with Crippen molar-refractivity contribution in [2.75, 3.05) is 29.5 Å². The first-order valence-electron chi connectivity index (χ1n) is 15.3. The van der Waals surface area contributed by atoms with E-state index in [4.69, 9.17) is 4.74 Å². The molecule has 6 atom stereocenters. The molecule has 1 unspecified atom stereocenters. The van der Waals surface area contributed by atoms with Gasteiger partial charge < -0.3 is 24.5 Å². The Bertz CT molecular complexity index is 1480. The molecule has 4 aliphatic heterocycles. The first-order chi connectivity index (χ1) is 20.5. The third-order valence-electron chi connectivity index (χ3n) is 9.62. The van der Waals surface area contributed by atoms with E-state index in [1.807, 2.05) is 107 Å². The number of fused-ring (bicyclic) bond motifs is 2. The molecule has 4 heterocycles. The number of ether oxygens (including phenoxy) is 1. The molecule has 3 amide bonds. The van der Waals surface area contributed by atoms with Crippen molar-refractivity contribution < 1.29 is 24.2 Å². The highest BCUT2D eigenvalue weighted by atomic mass is 16.5. The summed E-state index contributed by atoms with van der Waals surface area (Å²) in [6.07, 6.45) is 8.09. The zero-order chi connectivity index (χ0) is 30.7. The molecule has 0 radical (unpaired) electrons. The third kappa shape index (κ3) is 4.45. The van der Waals surface area contributed by atoms with Crippen molar-refractivity contribution in [2.45, 2.75) is 64.3 Å². The minimum absolute atomic E-state index is 0.162. The average Bonchev–Trinajstić information content (AvgIpc) is 3.24. The van der Waals surface area contributed by atoms with Crippen LogP contribution in [-0.4, -0.2) is 70.7 Å². The Labute approximate surface area is 253 Å². The summed E-state index contributed by atoms with van der Waals surface area (Å²) >= 11 is 0. The molecule has 4 aliphatic rings. The maximum absolute atomic E-state index is 14.9. The Morgan fingerprint density at radius 2 is 1.51 bits per heavy atom. The number of aliphatic hydroxyl groups excluding tert-OH is 1. The Hall–Kier alpha value is -3.75. The van der Waals surface area contributed by atoms with Crippen molar-refractivity contribution in [3.63, 3.8) is 0 Å². The Morgan fingerprint density at radius 1 is 0.860 bits per heavy atom. The molecule has 1 spiro atoms. The van der Waals surface area contributed by atoms with Gasteiger partial charge in [0, 0.05) is 24.5 Å². The second-order valence-corrected chi connectivity index (χ2v) is 13.0. The number of aliphatic hydroxyl groups is 1. The summed E-state index contributed by atoms with van der Waals surface area (Å²) in [6, 6.07) is 13.7. The molecule has 2 aromatic carbocycles. The van der Waals surface area contributed by atoms with Crippen molar-refractivity contribution in [3.8, 4) is 0 Å². The van der Waals surface area contributed by atoms with E-state index in [2.05, 4.69) is 0 Å². The third-order valence-corrected chi connectivity index (χ3v) is 9.62. The molecule has 8 nitrogen and oxygen atoms in total. The van der Waals surface area contributed by atoms with Crippen LogP contribution in [0, 0.1) is 31.6 Å². The van der Waals surface area contributed by atoms with E-state index in [-0.39, 0.29) is 30.2 Å². The number of carbonyl (C=O) groups excluding carboxylic acids is 3. The van der Waals surface area contributed by atoms with Crippen molar-refractivity contribution in [1.29, 1.82) is 0 Å². The van der Waals surface area contributed by atoms with Gasteiger partial charge in [0.2, 0.25) is 11.8 Å². The summed E-state index contributed by atoms with van der Waals surface area (Å²) < 4.78 is 6.99. The molecule has 1 N–H and O–H groups in total. The van der Waals surface area contributed by atoms with Gasteiger partial charge in [0.1, 0.15) is 11.6 Å². The number of benzene rings is 2. The lowest BCUT2D eigenvalue weighted by molar-refractivity contribution is -0.148. The lowest BCUT2D eigenvalue weighted by atomic mass is 9.74. The molecule has 43 heavy (non-hydrogen) atoms. The predicted octanol–water partition coefficient (Wildman–Crippen LogP) is 4.19. The van der Waals surface area contributed by atoms with E-state index < -0.39 is 35.1 Å². The van der Waals surface area contributed by atoms with E-state index in [0.717, 1.165) is 22.5 Å². The molecular weight excluding hydrogens is 542 g/mol. The summed E-state index contributed by atoms with van der Waals surface area (Å²) in [5.41, 5.74) is 0.945. The maximum Gasteiger partial charge on any atom is 0.253 e. The van der Waals surface area contributed by atoms with Gasteiger partial charge in [0.15, 0.2) is 0 Å². The molecule has 2 fully saturated rings. The Morgan fingerprint density at radius 3 is 2.16 bits per heavy atom. The van der Waals surface area contributed by atoms with Gasteiger partial charge in [-0.1, -0.05) is 74.5 Å². The van der Waals surface area contributed by atoms with Crippen LogP contribution < -0.4 is 9.80 Å². The minimum atomic E-state index is -1.39. The fourth-order valence-corrected chi connectivity index (χ4v) is 7.95. The largest absolute Gasteiger partial charge is 0.394 e. The van der Waals surface area contributed by atoms with Crippen LogP contribution in [0.1, 0.15) is 38.3 Å². The van der Waals surface area contributed by atoms with Crippen molar-refractivity contribution in [2.24, 2.45) is 17.8 Å². The van der Waals surface area contributed by atoms with Gasteiger partial charge in [-0.3, -0.25) is 14.4 Å². The second-order valence-electron chi connectivity index (χ2n) is 13.0. The summed E-state index contributed by atoms with van der Waals surface area (Å²) in [5.74, 6) is -2.45. The van der Waals surface area contributed by atoms with Gasteiger partial charge in [0.05, 0.1) is 30.1 Å². The standard InChI is InChI=1S/C35H41N3O5/c1-22(2)20-26(21-39)38-30-33(42)37(29-23(3)12-9-13-24(29)4)19-11-17-35(30)28(32(38)41)27-31(40)36(25-14-7-6-8-15-25)18-10-16-34(27,5)43-35/h6-17,22,26-28,30,39H,18-21H2,1-5H3/t26-,27+,28+,30?,34-,35+/m1/s1. The summed E-state index contributed by atoms with van der Waals surface area (Å²) in [4.78, 5) is 49.2. The Balaban J connectivity index is 1.52. The number of amides is 3. The smallest absolute Gasteiger partial charge is 0.253 e. The summed E-state index contributed by atoms with van der Waals surface area (Å²) in [7, 11) is 0. The van der Waals surface area contributed by atoms with E-state index in [1.54, 1.807) is 14.7 Å². The van der Waals surface area contributed by atoms with Gasteiger partial charge in [-0.15, -0.1) is 0 Å². The Kier molecular flexibility index (Phi) is 7.33. The number of para-hydroxylation sites is 2. The van der Waals surface area contributed by atoms with Crippen molar-refractivity contribution in [3.05, 3.63) is 84.0 Å². The summed E-state index contributed by atoms with van der Waals surface area (Å²) in [6.45, 7) is 10.2. The number of carbonyl (C=O) groups is 3.